The van der Waals surface area contributed by atoms with E-state index in [0.717, 1.165) is 44.4 Å². The first kappa shape index (κ1) is 27.4. The summed E-state index contributed by atoms with van der Waals surface area (Å²) in [6, 6.07) is 14.9. The Morgan fingerprint density at radius 3 is 2.52 bits per heavy atom. The quantitative estimate of drug-likeness (QED) is 0.260. The number of nitrogens with zero attached hydrogens (tertiary/aromatic N) is 2. The maximum Gasteiger partial charge on any atom is 0.294 e. The molecule has 4 aromatic rings. The summed E-state index contributed by atoms with van der Waals surface area (Å²) in [4.78, 5) is 53.1. The maximum atomic E-state index is 13.1. The van der Waals surface area contributed by atoms with E-state index in [-0.39, 0.29) is 17.4 Å². The molecule has 2 aromatic carbocycles. The van der Waals surface area contributed by atoms with Crippen molar-refractivity contribution in [1.82, 2.24) is 14.8 Å². The molecule has 0 atom stereocenters. The molecule has 1 aliphatic heterocycles. The molecular weight excluding hydrogens is 551 g/mol. The lowest BCUT2D eigenvalue weighted by atomic mass is 10.1. The highest BCUT2D eigenvalue weighted by molar-refractivity contribution is 8.18. The fourth-order valence-electron chi connectivity index (χ4n) is 4.45. The zero-order chi connectivity index (χ0) is 28.2. The minimum atomic E-state index is -0.578. The molecule has 1 aliphatic rings. The molecule has 1 saturated heterocycles. The average Bonchev–Trinajstić information content (AvgIpc) is 3.65. The number of aryl methyl sites for hydroxylation is 1. The van der Waals surface area contributed by atoms with Gasteiger partial charge in [-0.25, -0.2) is 4.39 Å². The number of rotatable bonds is 9. The summed E-state index contributed by atoms with van der Waals surface area (Å²) in [6.07, 6.45) is 4.19. The first-order chi connectivity index (χ1) is 19.3. The van der Waals surface area contributed by atoms with Gasteiger partial charge in [0.2, 0.25) is 11.8 Å². The van der Waals surface area contributed by atoms with E-state index in [9.17, 15) is 23.6 Å². The third kappa shape index (κ3) is 6.00. The molecule has 11 heteroatoms. The Morgan fingerprint density at radius 1 is 1.00 bits per heavy atom. The third-order valence-corrected chi connectivity index (χ3v) is 8.12. The largest absolute Gasteiger partial charge is 0.350 e. The van der Waals surface area contributed by atoms with E-state index in [1.165, 1.54) is 24.3 Å². The zero-order valence-electron chi connectivity index (χ0n) is 21.5. The standard InChI is InChI=1S/C29H25FN4O4S2/c1-2-18-5-3-7-23-19(15-33(27(18)23)16-25(35)31-14-22-6-4-12-39-22)13-24-28(37)34(29(38)40-24)17-26(36)32-21-10-8-20(30)9-11-21/h3-13,15H,2,14,16-17H2,1H3,(H,31,35)(H,32,36)/b24-13-. The monoisotopic (exact) mass is 576 g/mol. The molecule has 8 nitrogen and oxygen atoms in total. The zero-order valence-corrected chi connectivity index (χ0v) is 23.1. The number of benzene rings is 2. The molecule has 4 amide bonds. The smallest absolute Gasteiger partial charge is 0.294 e. The molecule has 0 saturated carbocycles. The first-order valence-corrected chi connectivity index (χ1v) is 14.2. The second-order valence-electron chi connectivity index (χ2n) is 9.06. The van der Waals surface area contributed by atoms with Gasteiger partial charge in [0.1, 0.15) is 18.9 Å². The highest BCUT2D eigenvalue weighted by Crippen LogP contribution is 2.35. The molecule has 0 bridgehead atoms. The minimum absolute atomic E-state index is 0.0950. The van der Waals surface area contributed by atoms with Crippen LogP contribution in [0.25, 0.3) is 17.0 Å². The molecular formula is C29H25FN4O4S2. The second kappa shape index (κ2) is 11.9. The van der Waals surface area contributed by atoms with E-state index in [1.807, 2.05) is 53.4 Å². The average molecular weight is 577 g/mol. The van der Waals surface area contributed by atoms with Crippen molar-refractivity contribution in [3.8, 4) is 0 Å². The van der Waals surface area contributed by atoms with Gasteiger partial charge in [-0.3, -0.25) is 24.1 Å². The number of hydrogen-bond acceptors (Lipinski definition) is 6. The number of halogens is 1. The number of imide groups is 1. The van der Waals surface area contributed by atoms with Crippen LogP contribution in [-0.2, 0) is 33.9 Å². The van der Waals surface area contributed by atoms with Crippen molar-refractivity contribution in [1.29, 1.82) is 0 Å². The highest BCUT2D eigenvalue weighted by Gasteiger charge is 2.36. The van der Waals surface area contributed by atoms with Crippen LogP contribution in [-0.4, -0.2) is 39.0 Å². The SMILES string of the molecule is CCc1cccc2c(/C=C3\SC(=O)N(CC(=O)Nc4ccc(F)cc4)C3=O)cn(CC(=O)NCc3cccs3)c12. The number of aromatic nitrogens is 1. The number of thioether (sulfide) groups is 1. The Hall–Kier alpha value is -4.22. The molecule has 3 heterocycles. The van der Waals surface area contributed by atoms with Gasteiger partial charge in [-0.15, -0.1) is 11.3 Å². The lowest BCUT2D eigenvalue weighted by molar-refractivity contribution is -0.127. The predicted octanol–water partition coefficient (Wildman–Crippen LogP) is 5.40. The number of hydrogen-bond donors (Lipinski definition) is 2. The number of nitrogens with one attached hydrogen (secondary N) is 2. The van der Waals surface area contributed by atoms with Crippen LogP contribution in [0.1, 0.15) is 22.9 Å². The summed E-state index contributed by atoms with van der Waals surface area (Å²) < 4.78 is 15.0. The Labute approximate surface area is 237 Å². The van der Waals surface area contributed by atoms with Crippen LogP contribution in [0.15, 0.2) is 71.1 Å². The predicted molar refractivity (Wildman–Crippen MR) is 155 cm³/mol. The third-order valence-electron chi connectivity index (χ3n) is 6.34. The van der Waals surface area contributed by atoms with Gasteiger partial charge in [-0.1, -0.05) is 31.2 Å². The number of para-hydroxylation sites is 1. The summed E-state index contributed by atoms with van der Waals surface area (Å²) in [5.41, 5.74) is 2.99. The Balaban J connectivity index is 1.35. The van der Waals surface area contributed by atoms with Gasteiger partial charge in [0.25, 0.3) is 11.1 Å². The molecule has 5 rings (SSSR count). The van der Waals surface area contributed by atoms with Gasteiger partial charge in [-0.05, 0) is 65.5 Å². The van der Waals surface area contributed by atoms with E-state index in [0.29, 0.717) is 17.8 Å². The Morgan fingerprint density at radius 2 is 1.80 bits per heavy atom. The number of thiophene rings is 1. The summed E-state index contributed by atoms with van der Waals surface area (Å²) in [5, 5.41) is 7.76. The maximum absolute atomic E-state index is 13.1. The first-order valence-electron chi connectivity index (χ1n) is 12.5. The topological polar surface area (TPSA) is 101 Å². The van der Waals surface area contributed by atoms with Crippen molar-refractivity contribution in [3.05, 3.63) is 92.9 Å². The van der Waals surface area contributed by atoms with E-state index in [1.54, 1.807) is 17.4 Å². The normalized spacial score (nSPS) is 14.3. The summed E-state index contributed by atoms with van der Waals surface area (Å²) in [6.45, 7) is 2.11. The molecule has 0 radical (unpaired) electrons. The summed E-state index contributed by atoms with van der Waals surface area (Å²) >= 11 is 2.33. The van der Waals surface area contributed by atoms with Gasteiger partial charge >= 0.3 is 0 Å². The number of carbonyl (C=O) groups excluding carboxylic acids is 4. The van der Waals surface area contributed by atoms with E-state index < -0.39 is 29.4 Å². The fourth-order valence-corrected chi connectivity index (χ4v) is 5.93. The Kier molecular flexibility index (Phi) is 8.13. The van der Waals surface area contributed by atoms with Crippen molar-refractivity contribution >= 4 is 68.7 Å². The van der Waals surface area contributed by atoms with Crippen molar-refractivity contribution in [2.24, 2.45) is 0 Å². The van der Waals surface area contributed by atoms with E-state index in [4.69, 9.17) is 0 Å². The van der Waals surface area contributed by atoms with Crippen LogP contribution in [0.2, 0.25) is 0 Å². The minimum Gasteiger partial charge on any atom is -0.350 e. The van der Waals surface area contributed by atoms with Gasteiger partial charge in [0.15, 0.2) is 0 Å². The van der Waals surface area contributed by atoms with Crippen LogP contribution < -0.4 is 10.6 Å². The van der Waals surface area contributed by atoms with Gasteiger partial charge in [-0.2, -0.15) is 0 Å². The van der Waals surface area contributed by atoms with Crippen LogP contribution >= 0.6 is 23.1 Å². The molecule has 0 unspecified atom stereocenters. The van der Waals surface area contributed by atoms with Crippen molar-refractivity contribution in [2.75, 3.05) is 11.9 Å². The van der Waals surface area contributed by atoms with E-state index >= 15 is 0 Å². The number of fused-ring (bicyclic) bond motifs is 1. The Bertz CT molecular complexity index is 1630. The van der Waals surface area contributed by atoms with Crippen molar-refractivity contribution in [3.63, 3.8) is 0 Å². The molecule has 2 N–H and O–H groups in total. The number of amides is 4. The molecule has 204 valence electrons. The van der Waals surface area contributed by atoms with E-state index in [2.05, 4.69) is 10.6 Å². The van der Waals surface area contributed by atoms with Crippen LogP contribution in [0.3, 0.4) is 0 Å². The molecule has 1 fully saturated rings. The number of anilines is 1. The van der Waals surface area contributed by atoms with Crippen LogP contribution in [0.5, 0.6) is 0 Å². The lowest BCUT2D eigenvalue weighted by Gasteiger charge is -2.12. The van der Waals surface area contributed by atoms with Crippen LogP contribution in [0.4, 0.5) is 14.9 Å². The van der Waals surface area contributed by atoms with Gasteiger partial charge < -0.3 is 15.2 Å². The van der Waals surface area contributed by atoms with Gasteiger partial charge in [0.05, 0.1) is 17.0 Å². The highest BCUT2D eigenvalue weighted by atomic mass is 32.2. The van der Waals surface area contributed by atoms with Crippen molar-refractivity contribution < 1.29 is 23.6 Å². The van der Waals surface area contributed by atoms with Crippen LogP contribution in [0, 0.1) is 5.82 Å². The molecule has 40 heavy (non-hydrogen) atoms. The molecule has 0 aliphatic carbocycles. The number of carbonyl (C=O) groups is 4. The molecule has 0 spiro atoms. The second-order valence-corrected chi connectivity index (χ2v) is 11.1. The fraction of sp³-hybridized carbons (Fsp3) is 0.172. The van der Waals surface area contributed by atoms with Gasteiger partial charge in [0, 0.05) is 27.7 Å². The lowest BCUT2D eigenvalue weighted by Crippen LogP contribution is -2.36. The summed E-state index contributed by atoms with van der Waals surface area (Å²) in [7, 11) is 0. The molecule has 2 aromatic heterocycles. The summed E-state index contributed by atoms with van der Waals surface area (Å²) in [5.74, 6) is -1.74. The van der Waals surface area contributed by atoms with Crippen molar-refractivity contribution in [2.45, 2.75) is 26.4 Å².